The molecule has 3 aromatic rings. The van der Waals surface area contributed by atoms with Gasteiger partial charge in [-0.15, -0.1) is 0 Å². The largest absolute Gasteiger partial charge is 0.494 e. The zero-order valence-corrected chi connectivity index (χ0v) is 17.0. The van der Waals surface area contributed by atoms with E-state index >= 15 is 0 Å². The number of aromatic nitrogens is 3. The van der Waals surface area contributed by atoms with E-state index in [1.54, 1.807) is 13.0 Å². The normalized spacial score (nSPS) is 10.9. The van der Waals surface area contributed by atoms with E-state index in [1.807, 2.05) is 31.2 Å². The van der Waals surface area contributed by atoms with Crippen molar-refractivity contribution in [2.75, 3.05) is 13.2 Å². The summed E-state index contributed by atoms with van der Waals surface area (Å²) < 4.78 is 7.68. The van der Waals surface area contributed by atoms with Crippen LogP contribution in [0.3, 0.4) is 0 Å². The molecule has 152 valence electrons. The van der Waals surface area contributed by atoms with E-state index in [4.69, 9.17) is 4.74 Å². The van der Waals surface area contributed by atoms with Crippen molar-refractivity contribution in [1.29, 1.82) is 0 Å². The van der Waals surface area contributed by atoms with Gasteiger partial charge in [0.05, 0.1) is 17.6 Å². The SMILES string of the molecule is CCOc1ccc(CCNC(=O)c2cc(C)nc3c2c(=O)n(C)c(=O)n3C)cc1. The van der Waals surface area contributed by atoms with Crippen molar-refractivity contribution in [3.8, 4) is 5.75 Å². The Morgan fingerprint density at radius 3 is 2.48 bits per heavy atom. The van der Waals surface area contributed by atoms with Crippen molar-refractivity contribution >= 4 is 16.9 Å². The number of hydrogen-bond acceptors (Lipinski definition) is 5. The number of carbonyl (C=O) groups excluding carboxylic acids is 1. The monoisotopic (exact) mass is 396 g/mol. The molecule has 1 amide bonds. The number of rotatable bonds is 6. The second-order valence-corrected chi connectivity index (χ2v) is 6.80. The summed E-state index contributed by atoms with van der Waals surface area (Å²) in [7, 11) is 2.92. The number of ether oxygens (including phenoxy) is 1. The Morgan fingerprint density at radius 2 is 1.83 bits per heavy atom. The highest BCUT2D eigenvalue weighted by Gasteiger charge is 2.19. The molecule has 0 bridgehead atoms. The van der Waals surface area contributed by atoms with Gasteiger partial charge in [0, 0.05) is 26.3 Å². The van der Waals surface area contributed by atoms with Crippen LogP contribution in [0.15, 0.2) is 39.9 Å². The molecule has 3 rings (SSSR count). The summed E-state index contributed by atoms with van der Waals surface area (Å²) in [5.74, 6) is 0.433. The predicted molar refractivity (Wildman–Crippen MR) is 111 cm³/mol. The summed E-state index contributed by atoms with van der Waals surface area (Å²) in [6.07, 6.45) is 0.636. The summed E-state index contributed by atoms with van der Waals surface area (Å²) in [6.45, 7) is 4.67. The van der Waals surface area contributed by atoms with E-state index in [9.17, 15) is 14.4 Å². The highest BCUT2D eigenvalue weighted by atomic mass is 16.5. The summed E-state index contributed by atoms with van der Waals surface area (Å²) in [5.41, 5.74) is 1.01. The van der Waals surface area contributed by atoms with Crippen LogP contribution in [0.1, 0.15) is 28.5 Å². The quantitative estimate of drug-likeness (QED) is 0.678. The number of amides is 1. The van der Waals surface area contributed by atoms with E-state index in [-0.39, 0.29) is 22.5 Å². The molecule has 0 aliphatic rings. The number of pyridine rings is 1. The third-order valence-electron chi connectivity index (χ3n) is 4.72. The minimum atomic E-state index is -0.535. The Labute approximate surface area is 167 Å². The first-order valence-electron chi connectivity index (χ1n) is 9.40. The maximum absolute atomic E-state index is 12.8. The Hall–Kier alpha value is -3.42. The Kier molecular flexibility index (Phi) is 5.81. The van der Waals surface area contributed by atoms with Gasteiger partial charge in [-0.05, 0) is 44.0 Å². The first-order chi connectivity index (χ1) is 13.8. The van der Waals surface area contributed by atoms with Gasteiger partial charge in [-0.1, -0.05) is 12.1 Å². The third kappa shape index (κ3) is 4.06. The van der Waals surface area contributed by atoms with Gasteiger partial charge >= 0.3 is 5.69 Å². The molecular weight excluding hydrogens is 372 g/mol. The Balaban J connectivity index is 1.84. The second-order valence-electron chi connectivity index (χ2n) is 6.80. The number of aryl methyl sites for hydroxylation is 2. The number of nitrogens with zero attached hydrogens (tertiary/aromatic N) is 3. The zero-order valence-electron chi connectivity index (χ0n) is 17.0. The third-order valence-corrected chi connectivity index (χ3v) is 4.72. The maximum Gasteiger partial charge on any atom is 0.332 e. The van der Waals surface area contributed by atoms with Crippen molar-refractivity contribution in [1.82, 2.24) is 19.4 Å². The molecule has 8 heteroatoms. The lowest BCUT2D eigenvalue weighted by molar-refractivity contribution is 0.0955. The Morgan fingerprint density at radius 1 is 1.14 bits per heavy atom. The van der Waals surface area contributed by atoms with Crippen LogP contribution in [0.4, 0.5) is 0 Å². The van der Waals surface area contributed by atoms with Gasteiger partial charge in [-0.2, -0.15) is 0 Å². The van der Waals surface area contributed by atoms with Gasteiger partial charge < -0.3 is 10.1 Å². The maximum atomic E-state index is 12.8. The number of hydrogen-bond donors (Lipinski definition) is 1. The molecule has 0 saturated carbocycles. The highest BCUT2D eigenvalue weighted by Crippen LogP contribution is 2.14. The van der Waals surface area contributed by atoms with Crippen molar-refractivity contribution in [3.63, 3.8) is 0 Å². The van der Waals surface area contributed by atoms with Crippen LogP contribution in [0, 0.1) is 6.92 Å². The van der Waals surface area contributed by atoms with Crippen molar-refractivity contribution in [2.45, 2.75) is 20.3 Å². The molecule has 1 aromatic carbocycles. The van der Waals surface area contributed by atoms with Crippen molar-refractivity contribution < 1.29 is 9.53 Å². The molecule has 2 aromatic heterocycles. The summed E-state index contributed by atoms with van der Waals surface area (Å²) in [5, 5.41) is 2.99. The predicted octanol–water partition coefficient (Wildman–Crippen LogP) is 1.31. The fraction of sp³-hybridized carbons (Fsp3) is 0.333. The molecule has 0 unspecified atom stereocenters. The molecule has 29 heavy (non-hydrogen) atoms. The molecule has 0 atom stereocenters. The lowest BCUT2D eigenvalue weighted by Crippen LogP contribution is -2.39. The van der Waals surface area contributed by atoms with Crippen LogP contribution in [-0.4, -0.2) is 33.2 Å². The van der Waals surface area contributed by atoms with E-state index in [0.29, 0.717) is 25.3 Å². The molecule has 8 nitrogen and oxygen atoms in total. The summed E-state index contributed by atoms with van der Waals surface area (Å²) in [6, 6.07) is 9.26. The molecule has 0 fully saturated rings. The summed E-state index contributed by atoms with van der Waals surface area (Å²) in [4.78, 5) is 41.9. The second kappa shape index (κ2) is 8.30. The number of nitrogens with one attached hydrogen (secondary N) is 1. The fourth-order valence-electron chi connectivity index (χ4n) is 3.19. The van der Waals surface area contributed by atoms with Gasteiger partial charge in [0.25, 0.3) is 11.5 Å². The molecule has 0 saturated heterocycles. The van der Waals surface area contributed by atoms with Crippen molar-refractivity contribution in [3.05, 3.63) is 68.0 Å². The van der Waals surface area contributed by atoms with Crippen LogP contribution in [0.25, 0.3) is 11.0 Å². The van der Waals surface area contributed by atoms with Gasteiger partial charge in [0.2, 0.25) is 0 Å². The zero-order chi connectivity index (χ0) is 21.1. The molecule has 0 aliphatic carbocycles. The van der Waals surface area contributed by atoms with Gasteiger partial charge in [-0.3, -0.25) is 18.7 Å². The number of fused-ring (bicyclic) bond motifs is 1. The molecule has 0 aliphatic heterocycles. The van der Waals surface area contributed by atoms with E-state index in [0.717, 1.165) is 15.9 Å². The minimum absolute atomic E-state index is 0.138. The molecule has 1 N–H and O–H groups in total. The lowest BCUT2D eigenvalue weighted by Gasteiger charge is -2.12. The fourth-order valence-corrected chi connectivity index (χ4v) is 3.19. The van der Waals surface area contributed by atoms with E-state index < -0.39 is 11.2 Å². The molecule has 0 radical (unpaired) electrons. The molecular formula is C21H24N4O4. The summed E-state index contributed by atoms with van der Waals surface area (Å²) >= 11 is 0. The number of benzene rings is 1. The highest BCUT2D eigenvalue weighted by molar-refractivity contribution is 6.05. The first-order valence-corrected chi connectivity index (χ1v) is 9.40. The average molecular weight is 396 g/mol. The Bertz CT molecular complexity index is 1180. The van der Waals surface area contributed by atoms with Gasteiger partial charge in [-0.25, -0.2) is 9.78 Å². The molecule has 0 spiro atoms. The lowest BCUT2D eigenvalue weighted by atomic mass is 10.1. The van der Waals surface area contributed by atoms with Crippen LogP contribution in [0.2, 0.25) is 0 Å². The van der Waals surface area contributed by atoms with E-state index in [1.165, 1.54) is 18.7 Å². The van der Waals surface area contributed by atoms with Crippen molar-refractivity contribution in [2.24, 2.45) is 14.1 Å². The van der Waals surface area contributed by atoms with Crippen LogP contribution in [-0.2, 0) is 20.5 Å². The number of carbonyl (C=O) groups is 1. The molecule has 2 heterocycles. The van der Waals surface area contributed by atoms with E-state index in [2.05, 4.69) is 10.3 Å². The van der Waals surface area contributed by atoms with Crippen LogP contribution in [0.5, 0.6) is 5.75 Å². The smallest absolute Gasteiger partial charge is 0.332 e. The van der Waals surface area contributed by atoms with Crippen LogP contribution >= 0.6 is 0 Å². The van der Waals surface area contributed by atoms with Gasteiger partial charge in [0.15, 0.2) is 0 Å². The topological polar surface area (TPSA) is 95.2 Å². The minimum Gasteiger partial charge on any atom is -0.494 e. The average Bonchev–Trinajstić information content (AvgIpc) is 2.71. The van der Waals surface area contributed by atoms with Crippen LogP contribution < -0.4 is 21.3 Å². The van der Waals surface area contributed by atoms with Gasteiger partial charge in [0.1, 0.15) is 11.4 Å². The standard InChI is InChI=1S/C21H24N4O4/c1-5-29-15-8-6-14(7-9-15)10-11-22-19(26)16-12-13(2)23-18-17(16)20(27)25(4)21(28)24(18)3/h6-9,12H,5,10-11H2,1-4H3,(H,22,26). The first kappa shape index (κ1) is 20.3.